The minimum absolute atomic E-state index is 0.322. The summed E-state index contributed by atoms with van der Waals surface area (Å²) in [6, 6.07) is 0.542. The molecule has 0 radical (unpaired) electrons. The first kappa shape index (κ1) is 13.0. The molecule has 0 spiro atoms. The van der Waals surface area contributed by atoms with Gasteiger partial charge >= 0.3 is 0 Å². The summed E-state index contributed by atoms with van der Waals surface area (Å²) >= 11 is 0. The predicted molar refractivity (Wildman–Crippen MR) is 65.0 cm³/mol. The third-order valence-corrected chi connectivity index (χ3v) is 3.60. The quantitative estimate of drug-likeness (QED) is 0.688. The van der Waals surface area contributed by atoms with E-state index in [9.17, 15) is 0 Å². The van der Waals surface area contributed by atoms with Crippen LogP contribution in [0.4, 0.5) is 0 Å². The molecule has 1 atom stereocenters. The van der Waals surface area contributed by atoms with Crippen LogP contribution in [0.5, 0.6) is 0 Å². The second kappa shape index (κ2) is 6.49. The van der Waals surface area contributed by atoms with E-state index in [-0.39, 0.29) is 0 Å². The second-order valence-electron chi connectivity index (χ2n) is 5.39. The minimum atomic E-state index is 0.322. The average Bonchev–Trinajstić information content (AvgIpc) is 2.40. The summed E-state index contributed by atoms with van der Waals surface area (Å²) in [7, 11) is 0. The highest BCUT2D eigenvalue weighted by molar-refractivity contribution is 4.87. The van der Waals surface area contributed by atoms with Gasteiger partial charge in [0.1, 0.15) is 0 Å². The minimum Gasteiger partial charge on any atom is -0.396 e. The Morgan fingerprint density at radius 3 is 2.33 bits per heavy atom. The van der Waals surface area contributed by atoms with E-state index in [1.165, 1.54) is 38.5 Å². The number of hydrogen-bond acceptors (Lipinski definition) is 2. The van der Waals surface area contributed by atoms with Crippen LogP contribution in [0.2, 0.25) is 0 Å². The summed E-state index contributed by atoms with van der Waals surface area (Å²) in [5.41, 5.74) is 0.353. The first-order valence-corrected chi connectivity index (χ1v) is 6.55. The zero-order chi connectivity index (χ0) is 11.1. The summed E-state index contributed by atoms with van der Waals surface area (Å²) in [5, 5.41) is 12.6. The molecule has 0 aromatic heterocycles. The van der Waals surface area contributed by atoms with Gasteiger partial charge in [0.15, 0.2) is 0 Å². The molecule has 0 aromatic rings. The maximum atomic E-state index is 8.80. The van der Waals surface area contributed by atoms with Gasteiger partial charge in [0.25, 0.3) is 0 Å². The van der Waals surface area contributed by atoms with Crippen LogP contribution in [0.3, 0.4) is 0 Å². The maximum Gasteiger partial charge on any atom is 0.0431 e. The largest absolute Gasteiger partial charge is 0.396 e. The van der Waals surface area contributed by atoms with Gasteiger partial charge in [0.05, 0.1) is 0 Å². The van der Waals surface area contributed by atoms with Crippen LogP contribution in [-0.2, 0) is 0 Å². The Bertz CT molecular complexity index is 162. The highest BCUT2D eigenvalue weighted by atomic mass is 16.2. The Balaban J connectivity index is 2.32. The summed E-state index contributed by atoms with van der Waals surface area (Å²) in [6.07, 6.45) is 10.2. The lowest BCUT2D eigenvalue weighted by molar-refractivity contribution is 0.246. The second-order valence-corrected chi connectivity index (χ2v) is 5.39. The van der Waals surface area contributed by atoms with Gasteiger partial charge in [-0.2, -0.15) is 0 Å². The summed E-state index contributed by atoms with van der Waals surface area (Å²) in [6.45, 7) is 4.93. The molecule has 2 heteroatoms. The molecule has 0 aliphatic heterocycles. The molecule has 0 amide bonds. The molecular weight excluding hydrogens is 186 g/mol. The van der Waals surface area contributed by atoms with Crippen molar-refractivity contribution < 1.29 is 5.11 Å². The number of aliphatic hydroxyl groups excluding tert-OH is 1. The number of aliphatic hydroxyl groups is 1. The number of rotatable bonds is 5. The zero-order valence-corrected chi connectivity index (χ0v) is 10.4. The van der Waals surface area contributed by atoms with Crippen molar-refractivity contribution in [2.75, 3.05) is 6.61 Å². The molecule has 15 heavy (non-hydrogen) atoms. The first-order chi connectivity index (χ1) is 7.16. The molecule has 2 nitrogen and oxygen atoms in total. The Labute approximate surface area is 94.5 Å². The Kier molecular flexibility index (Phi) is 5.62. The van der Waals surface area contributed by atoms with Gasteiger partial charge in [-0.15, -0.1) is 0 Å². The molecule has 2 N–H and O–H groups in total. The Hall–Kier alpha value is -0.0800. The molecule has 1 aliphatic carbocycles. The first-order valence-electron chi connectivity index (χ1n) is 6.55. The van der Waals surface area contributed by atoms with Gasteiger partial charge in [-0.25, -0.2) is 0 Å². The number of hydrogen-bond donors (Lipinski definition) is 2. The molecule has 1 aliphatic rings. The standard InChI is InChI=1S/C13H27NO/c1-12(8-7-11-15)14-13(2)9-5-3-4-6-10-13/h12,14-15H,3-11H2,1-2H3. The molecule has 90 valence electrons. The molecule has 1 unspecified atom stereocenters. The normalized spacial score (nSPS) is 23.4. The molecular formula is C13H27NO. The van der Waals surface area contributed by atoms with E-state index < -0.39 is 0 Å². The topological polar surface area (TPSA) is 32.3 Å². The van der Waals surface area contributed by atoms with Crippen molar-refractivity contribution >= 4 is 0 Å². The molecule has 0 bridgehead atoms. The van der Waals surface area contributed by atoms with Crippen molar-refractivity contribution in [2.24, 2.45) is 0 Å². The maximum absolute atomic E-state index is 8.80. The van der Waals surface area contributed by atoms with E-state index in [0.29, 0.717) is 18.2 Å². The van der Waals surface area contributed by atoms with Gasteiger partial charge in [-0.05, 0) is 39.5 Å². The van der Waals surface area contributed by atoms with Crippen LogP contribution in [0, 0.1) is 0 Å². The number of nitrogens with one attached hydrogen (secondary N) is 1. The molecule has 0 aromatic carbocycles. The molecule has 1 saturated carbocycles. The van der Waals surface area contributed by atoms with Crippen LogP contribution in [0.1, 0.15) is 65.2 Å². The third kappa shape index (κ3) is 4.98. The molecule has 1 fully saturated rings. The lowest BCUT2D eigenvalue weighted by atomic mass is 9.91. The van der Waals surface area contributed by atoms with Crippen LogP contribution in [0.15, 0.2) is 0 Å². The summed E-state index contributed by atoms with van der Waals surface area (Å²) in [5.74, 6) is 0. The average molecular weight is 213 g/mol. The Morgan fingerprint density at radius 1 is 1.20 bits per heavy atom. The van der Waals surface area contributed by atoms with Crippen molar-refractivity contribution in [1.29, 1.82) is 0 Å². The van der Waals surface area contributed by atoms with Crippen LogP contribution < -0.4 is 5.32 Å². The lowest BCUT2D eigenvalue weighted by Gasteiger charge is -2.33. The van der Waals surface area contributed by atoms with Crippen LogP contribution in [-0.4, -0.2) is 23.3 Å². The fraction of sp³-hybridized carbons (Fsp3) is 1.00. The fourth-order valence-electron chi connectivity index (χ4n) is 2.72. The highest BCUT2D eigenvalue weighted by Gasteiger charge is 2.26. The van der Waals surface area contributed by atoms with Crippen LogP contribution >= 0.6 is 0 Å². The molecule has 0 saturated heterocycles. The van der Waals surface area contributed by atoms with Crippen molar-refractivity contribution in [3.63, 3.8) is 0 Å². The summed E-state index contributed by atoms with van der Waals surface area (Å²) in [4.78, 5) is 0. The van der Waals surface area contributed by atoms with Crippen molar-refractivity contribution in [1.82, 2.24) is 5.32 Å². The van der Waals surface area contributed by atoms with E-state index in [1.807, 2.05) is 0 Å². The van der Waals surface area contributed by atoms with E-state index in [4.69, 9.17) is 5.11 Å². The monoisotopic (exact) mass is 213 g/mol. The summed E-state index contributed by atoms with van der Waals surface area (Å²) < 4.78 is 0. The SMILES string of the molecule is CC(CCCO)NC1(C)CCCCCC1. The van der Waals surface area contributed by atoms with E-state index >= 15 is 0 Å². The molecule has 1 rings (SSSR count). The van der Waals surface area contributed by atoms with Crippen molar-refractivity contribution in [2.45, 2.75) is 76.8 Å². The van der Waals surface area contributed by atoms with Crippen molar-refractivity contribution in [3.05, 3.63) is 0 Å². The third-order valence-electron chi connectivity index (χ3n) is 3.60. The lowest BCUT2D eigenvalue weighted by Crippen LogP contribution is -2.46. The highest BCUT2D eigenvalue weighted by Crippen LogP contribution is 2.27. The van der Waals surface area contributed by atoms with Gasteiger partial charge in [0, 0.05) is 18.2 Å². The van der Waals surface area contributed by atoms with Gasteiger partial charge < -0.3 is 10.4 Å². The predicted octanol–water partition coefficient (Wildman–Crippen LogP) is 2.85. The smallest absolute Gasteiger partial charge is 0.0431 e. The van der Waals surface area contributed by atoms with Crippen molar-refractivity contribution in [3.8, 4) is 0 Å². The van der Waals surface area contributed by atoms with E-state index in [1.54, 1.807) is 0 Å². The van der Waals surface area contributed by atoms with Gasteiger partial charge in [-0.3, -0.25) is 0 Å². The zero-order valence-electron chi connectivity index (χ0n) is 10.4. The van der Waals surface area contributed by atoms with Gasteiger partial charge in [0.2, 0.25) is 0 Å². The van der Waals surface area contributed by atoms with E-state index in [2.05, 4.69) is 19.2 Å². The molecule has 0 heterocycles. The van der Waals surface area contributed by atoms with E-state index in [0.717, 1.165) is 12.8 Å². The van der Waals surface area contributed by atoms with Crippen LogP contribution in [0.25, 0.3) is 0 Å². The Morgan fingerprint density at radius 2 is 1.80 bits per heavy atom. The fourth-order valence-corrected chi connectivity index (χ4v) is 2.72. The van der Waals surface area contributed by atoms with Gasteiger partial charge in [-0.1, -0.05) is 25.7 Å².